The van der Waals surface area contributed by atoms with E-state index in [1.165, 1.54) is 0 Å². The van der Waals surface area contributed by atoms with Crippen LogP contribution in [0.5, 0.6) is 0 Å². The summed E-state index contributed by atoms with van der Waals surface area (Å²) >= 11 is 6.01. The predicted molar refractivity (Wildman–Crippen MR) is 79.5 cm³/mol. The van der Waals surface area contributed by atoms with Crippen molar-refractivity contribution < 1.29 is 14.1 Å². The number of nitrogens with zero attached hydrogens (tertiary/aromatic N) is 3. The lowest BCUT2D eigenvalue weighted by atomic mass is 10.1. The monoisotopic (exact) mass is 321 g/mol. The zero-order valence-electron chi connectivity index (χ0n) is 12.2. The van der Waals surface area contributed by atoms with E-state index in [0.717, 1.165) is 5.56 Å². The number of amides is 1. The van der Waals surface area contributed by atoms with E-state index in [9.17, 15) is 4.79 Å². The van der Waals surface area contributed by atoms with Crippen LogP contribution in [0.1, 0.15) is 23.4 Å². The molecule has 0 aliphatic carbocycles. The molecule has 7 heteroatoms. The van der Waals surface area contributed by atoms with Gasteiger partial charge in [-0.3, -0.25) is 4.79 Å². The molecule has 1 aliphatic rings. The van der Waals surface area contributed by atoms with Crippen LogP contribution in [-0.4, -0.2) is 40.6 Å². The van der Waals surface area contributed by atoms with Gasteiger partial charge in [-0.05, 0) is 17.7 Å². The van der Waals surface area contributed by atoms with Gasteiger partial charge < -0.3 is 14.2 Å². The Labute approximate surface area is 133 Å². The van der Waals surface area contributed by atoms with Gasteiger partial charge in [-0.15, -0.1) is 0 Å². The van der Waals surface area contributed by atoms with Crippen molar-refractivity contribution in [1.82, 2.24) is 15.0 Å². The van der Waals surface area contributed by atoms with Crippen LogP contribution in [0.3, 0.4) is 0 Å². The molecule has 0 saturated carbocycles. The summed E-state index contributed by atoms with van der Waals surface area (Å²) in [4.78, 5) is 18.2. The number of aromatic nitrogens is 2. The molecule has 2 aromatic rings. The van der Waals surface area contributed by atoms with Gasteiger partial charge in [0.05, 0.1) is 19.6 Å². The average Bonchev–Trinajstić information content (AvgIpc) is 2.92. The van der Waals surface area contributed by atoms with Crippen molar-refractivity contribution in [2.75, 3.05) is 19.7 Å². The molecule has 2 heterocycles. The summed E-state index contributed by atoms with van der Waals surface area (Å²) in [7, 11) is 0. The smallest absolute Gasteiger partial charge is 0.230 e. The zero-order valence-corrected chi connectivity index (χ0v) is 12.9. The number of morpholine rings is 1. The third kappa shape index (κ3) is 3.45. The van der Waals surface area contributed by atoms with Gasteiger partial charge in [0.2, 0.25) is 11.8 Å². The minimum Gasteiger partial charge on any atom is -0.370 e. The van der Waals surface area contributed by atoms with E-state index in [1.807, 2.05) is 24.3 Å². The Balaban J connectivity index is 1.66. The summed E-state index contributed by atoms with van der Waals surface area (Å²) in [6.45, 7) is 3.25. The molecule has 1 saturated heterocycles. The van der Waals surface area contributed by atoms with Crippen LogP contribution < -0.4 is 0 Å². The second kappa shape index (κ2) is 6.46. The fourth-order valence-electron chi connectivity index (χ4n) is 2.44. The van der Waals surface area contributed by atoms with Crippen LogP contribution >= 0.6 is 11.6 Å². The first-order valence-electron chi connectivity index (χ1n) is 7.06. The Hall–Kier alpha value is -1.92. The number of hydrogen-bond acceptors (Lipinski definition) is 5. The fourth-order valence-corrected chi connectivity index (χ4v) is 2.64. The number of halogens is 1. The SMILES string of the molecule is Cc1nc(CC(=O)N2CCOC(c3cccc(Cl)c3)C2)no1. The first-order chi connectivity index (χ1) is 10.6. The minimum absolute atomic E-state index is 0.0314. The molecule has 0 N–H and O–H groups in total. The molecule has 0 radical (unpaired) electrons. The third-order valence-electron chi connectivity index (χ3n) is 3.52. The first-order valence-corrected chi connectivity index (χ1v) is 7.43. The number of carbonyl (C=O) groups excluding carboxylic acids is 1. The highest BCUT2D eigenvalue weighted by Gasteiger charge is 2.26. The Kier molecular flexibility index (Phi) is 4.40. The highest BCUT2D eigenvalue weighted by atomic mass is 35.5. The molecule has 116 valence electrons. The van der Waals surface area contributed by atoms with Crippen molar-refractivity contribution in [3.05, 3.63) is 46.6 Å². The van der Waals surface area contributed by atoms with Crippen molar-refractivity contribution in [3.8, 4) is 0 Å². The molecular formula is C15H16ClN3O3. The van der Waals surface area contributed by atoms with Gasteiger partial charge in [-0.1, -0.05) is 28.9 Å². The van der Waals surface area contributed by atoms with Crippen LogP contribution in [0.2, 0.25) is 5.02 Å². The van der Waals surface area contributed by atoms with Crippen molar-refractivity contribution in [2.24, 2.45) is 0 Å². The van der Waals surface area contributed by atoms with E-state index in [-0.39, 0.29) is 18.4 Å². The fraction of sp³-hybridized carbons (Fsp3) is 0.400. The molecule has 1 atom stereocenters. The average molecular weight is 322 g/mol. The third-order valence-corrected chi connectivity index (χ3v) is 3.75. The number of carbonyl (C=O) groups is 1. The maximum Gasteiger partial charge on any atom is 0.230 e. The van der Waals surface area contributed by atoms with Crippen LogP contribution in [0.4, 0.5) is 0 Å². The van der Waals surface area contributed by atoms with Gasteiger partial charge >= 0.3 is 0 Å². The van der Waals surface area contributed by atoms with E-state index < -0.39 is 0 Å². The molecular weight excluding hydrogens is 306 g/mol. The van der Waals surface area contributed by atoms with E-state index >= 15 is 0 Å². The molecule has 1 amide bonds. The summed E-state index contributed by atoms with van der Waals surface area (Å²) in [6, 6.07) is 7.51. The van der Waals surface area contributed by atoms with E-state index in [1.54, 1.807) is 11.8 Å². The number of aryl methyl sites for hydroxylation is 1. The summed E-state index contributed by atoms with van der Waals surface area (Å²) in [6.07, 6.45) is -0.0250. The van der Waals surface area contributed by atoms with E-state index in [4.69, 9.17) is 20.9 Å². The molecule has 6 nitrogen and oxygen atoms in total. The van der Waals surface area contributed by atoms with Gasteiger partial charge in [0.15, 0.2) is 5.82 Å². The van der Waals surface area contributed by atoms with Gasteiger partial charge in [-0.25, -0.2) is 0 Å². The lowest BCUT2D eigenvalue weighted by molar-refractivity contribution is -0.138. The summed E-state index contributed by atoms with van der Waals surface area (Å²) in [5.74, 6) is 0.839. The molecule has 0 spiro atoms. The number of ether oxygens (including phenoxy) is 1. The van der Waals surface area contributed by atoms with Gasteiger partial charge in [0.25, 0.3) is 0 Å². The summed E-state index contributed by atoms with van der Waals surface area (Å²) in [5.41, 5.74) is 0.973. The second-order valence-electron chi connectivity index (χ2n) is 5.16. The normalized spacial score (nSPS) is 18.5. The van der Waals surface area contributed by atoms with Gasteiger partial charge in [-0.2, -0.15) is 4.98 Å². The Morgan fingerprint density at radius 3 is 3.09 bits per heavy atom. The van der Waals surface area contributed by atoms with Crippen LogP contribution in [0.25, 0.3) is 0 Å². The van der Waals surface area contributed by atoms with Gasteiger partial charge in [0.1, 0.15) is 6.10 Å². The lowest BCUT2D eigenvalue weighted by Gasteiger charge is -2.33. The maximum absolute atomic E-state index is 12.3. The lowest BCUT2D eigenvalue weighted by Crippen LogP contribution is -2.43. The van der Waals surface area contributed by atoms with Crippen molar-refractivity contribution >= 4 is 17.5 Å². The zero-order chi connectivity index (χ0) is 15.5. The van der Waals surface area contributed by atoms with E-state index in [0.29, 0.717) is 36.4 Å². The standard InChI is InChI=1S/C15H16ClN3O3/c1-10-17-14(18-22-10)8-15(20)19-5-6-21-13(9-19)11-3-2-4-12(16)7-11/h2-4,7,13H,5-6,8-9H2,1H3. The van der Waals surface area contributed by atoms with Crippen molar-refractivity contribution in [1.29, 1.82) is 0 Å². The quantitative estimate of drug-likeness (QED) is 0.866. The van der Waals surface area contributed by atoms with Gasteiger partial charge in [0, 0.05) is 18.5 Å². The van der Waals surface area contributed by atoms with Crippen LogP contribution in [0.15, 0.2) is 28.8 Å². The van der Waals surface area contributed by atoms with Crippen molar-refractivity contribution in [2.45, 2.75) is 19.4 Å². The molecule has 1 aromatic carbocycles. The molecule has 1 fully saturated rings. The highest BCUT2D eigenvalue weighted by Crippen LogP contribution is 2.24. The molecule has 1 aliphatic heterocycles. The molecule has 22 heavy (non-hydrogen) atoms. The topological polar surface area (TPSA) is 68.5 Å². The Morgan fingerprint density at radius 1 is 1.50 bits per heavy atom. The minimum atomic E-state index is -0.164. The Morgan fingerprint density at radius 2 is 2.36 bits per heavy atom. The highest BCUT2D eigenvalue weighted by molar-refractivity contribution is 6.30. The number of benzene rings is 1. The number of rotatable bonds is 3. The molecule has 3 rings (SSSR count). The van der Waals surface area contributed by atoms with Crippen LogP contribution in [0, 0.1) is 6.92 Å². The Bertz CT molecular complexity index is 674. The summed E-state index contributed by atoms with van der Waals surface area (Å²) in [5, 5.41) is 4.42. The summed E-state index contributed by atoms with van der Waals surface area (Å²) < 4.78 is 10.6. The molecule has 0 bridgehead atoms. The largest absolute Gasteiger partial charge is 0.370 e. The maximum atomic E-state index is 12.3. The molecule has 1 aromatic heterocycles. The first kappa shape index (κ1) is 15.0. The second-order valence-corrected chi connectivity index (χ2v) is 5.60. The van der Waals surface area contributed by atoms with Crippen molar-refractivity contribution in [3.63, 3.8) is 0 Å². The van der Waals surface area contributed by atoms with E-state index in [2.05, 4.69) is 10.1 Å². The predicted octanol–water partition coefficient (Wildman–Crippen LogP) is 2.17. The number of hydrogen-bond donors (Lipinski definition) is 0. The van der Waals surface area contributed by atoms with Crippen LogP contribution in [-0.2, 0) is 16.0 Å². The molecule has 1 unspecified atom stereocenters.